The van der Waals surface area contributed by atoms with Crippen molar-refractivity contribution in [1.82, 2.24) is 9.62 Å². The molecule has 1 aromatic carbocycles. The molecule has 1 aliphatic heterocycles. The highest BCUT2D eigenvalue weighted by Gasteiger charge is 2.23. The minimum atomic E-state index is -3.50. The topological polar surface area (TPSA) is 75.4 Å². The van der Waals surface area contributed by atoms with Crippen molar-refractivity contribution in [2.45, 2.75) is 36.7 Å². The highest BCUT2D eigenvalue weighted by molar-refractivity contribution is 9.10. The molecule has 0 spiro atoms. The summed E-state index contributed by atoms with van der Waals surface area (Å²) in [6, 6.07) is 5.36. The molecule has 0 saturated carbocycles. The van der Waals surface area contributed by atoms with Gasteiger partial charge in [0.25, 0.3) is 0 Å². The highest BCUT2D eigenvalue weighted by atomic mass is 79.9. The molecule has 1 atom stereocenters. The first-order valence-corrected chi connectivity index (χ1v) is 9.40. The molecule has 1 saturated heterocycles. The Bertz CT molecular complexity index is 592. The zero-order chi connectivity index (χ0) is 15.5. The molecular weight excluding hydrogens is 354 g/mol. The Morgan fingerprint density at radius 3 is 2.81 bits per heavy atom. The monoisotopic (exact) mass is 375 g/mol. The van der Waals surface area contributed by atoms with Gasteiger partial charge in [0.2, 0.25) is 10.0 Å². The molecule has 21 heavy (non-hydrogen) atoms. The van der Waals surface area contributed by atoms with E-state index in [2.05, 4.69) is 25.6 Å². The maximum absolute atomic E-state index is 12.4. The van der Waals surface area contributed by atoms with Gasteiger partial charge in [0.15, 0.2) is 0 Å². The normalized spacial score (nSPS) is 20.6. The van der Waals surface area contributed by atoms with Crippen molar-refractivity contribution in [3.05, 3.63) is 28.2 Å². The van der Waals surface area contributed by atoms with Crippen LogP contribution < -0.4 is 10.5 Å². The molecule has 1 heterocycles. The molecule has 1 unspecified atom stereocenters. The molecule has 0 radical (unpaired) electrons. The Kier molecular flexibility index (Phi) is 5.79. The summed E-state index contributed by atoms with van der Waals surface area (Å²) in [5.41, 5.74) is 6.45. The number of hydrogen-bond acceptors (Lipinski definition) is 4. The minimum absolute atomic E-state index is 0.262. The molecule has 3 N–H and O–H groups in total. The molecule has 1 aliphatic rings. The molecule has 1 aromatic rings. The summed E-state index contributed by atoms with van der Waals surface area (Å²) in [5.74, 6) is 0. The van der Waals surface area contributed by atoms with Gasteiger partial charge in [-0.1, -0.05) is 12.5 Å². The van der Waals surface area contributed by atoms with Crippen molar-refractivity contribution >= 4 is 26.0 Å². The molecule has 0 amide bonds. The summed E-state index contributed by atoms with van der Waals surface area (Å²) < 4.78 is 28.1. The van der Waals surface area contributed by atoms with Crippen LogP contribution in [0.4, 0.5) is 0 Å². The van der Waals surface area contributed by atoms with Crippen LogP contribution in [0.5, 0.6) is 0 Å². The number of benzene rings is 1. The number of halogens is 1. The summed E-state index contributed by atoms with van der Waals surface area (Å²) in [7, 11) is -1.46. The van der Waals surface area contributed by atoms with Crippen LogP contribution in [0.15, 0.2) is 27.6 Å². The van der Waals surface area contributed by atoms with Crippen LogP contribution in [0, 0.1) is 0 Å². The van der Waals surface area contributed by atoms with E-state index in [4.69, 9.17) is 5.73 Å². The van der Waals surface area contributed by atoms with Crippen molar-refractivity contribution in [2.24, 2.45) is 5.73 Å². The van der Waals surface area contributed by atoms with Crippen LogP contribution in [0.3, 0.4) is 0 Å². The zero-order valence-corrected chi connectivity index (χ0v) is 14.6. The zero-order valence-electron chi connectivity index (χ0n) is 12.2. The lowest BCUT2D eigenvalue weighted by Gasteiger charge is -2.32. The lowest BCUT2D eigenvalue weighted by atomic mass is 10.0. The van der Waals surface area contributed by atoms with E-state index >= 15 is 0 Å². The Labute approximate surface area is 135 Å². The van der Waals surface area contributed by atoms with Crippen molar-refractivity contribution in [1.29, 1.82) is 0 Å². The predicted octanol–water partition coefficient (Wildman–Crippen LogP) is 1.67. The number of rotatable bonds is 5. The number of sulfonamides is 1. The summed E-state index contributed by atoms with van der Waals surface area (Å²) in [6.45, 7) is 1.87. The highest BCUT2D eigenvalue weighted by Crippen LogP contribution is 2.23. The molecule has 2 rings (SSSR count). The van der Waals surface area contributed by atoms with Gasteiger partial charge in [-0.3, -0.25) is 0 Å². The number of likely N-dealkylation sites (tertiary alicyclic amines) is 1. The summed E-state index contributed by atoms with van der Waals surface area (Å²) in [4.78, 5) is 2.48. The van der Waals surface area contributed by atoms with Gasteiger partial charge in [0, 0.05) is 23.6 Å². The molecular formula is C14H22BrN3O2S. The van der Waals surface area contributed by atoms with Crippen molar-refractivity contribution < 1.29 is 8.42 Å². The van der Waals surface area contributed by atoms with Crippen molar-refractivity contribution in [3.8, 4) is 0 Å². The van der Waals surface area contributed by atoms with Crippen LogP contribution in [-0.2, 0) is 16.6 Å². The summed E-state index contributed by atoms with van der Waals surface area (Å²) in [5, 5.41) is 0. The molecule has 0 aromatic heterocycles. The second kappa shape index (κ2) is 7.19. The third-order valence-corrected chi connectivity index (χ3v) is 6.35. The molecule has 1 fully saturated rings. The van der Waals surface area contributed by atoms with Crippen LogP contribution in [0.25, 0.3) is 0 Å². The van der Waals surface area contributed by atoms with E-state index in [0.717, 1.165) is 24.9 Å². The number of piperidine rings is 1. The van der Waals surface area contributed by atoms with Gasteiger partial charge >= 0.3 is 0 Å². The maximum Gasteiger partial charge on any atom is 0.241 e. The fraction of sp³-hybridized carbons (Fsp3) is 0.571. The van der Waals surface area contributed by atoms with Gasteiger partial charge in [-0.15, -0.1) is 0 Å². The summed E-state index contributed by atoms with van der Waals surface area (Å²) in [6.07, 6.45) is 3.38. The van der Waals surface area contributed by atoms with E-state index < -0.39 is 10.0 Å². The first kappa shape index (κ1) is 16.9. The predicted molar refractivity (Wildman–Crippen MR) is 87.5 cm³/mol. The molecule has 7 heteroatoms. The first-order valence-electron chi connectivity index (χ1n) is 7.12. The fourth-order valence-electron chi connectivity index (χ4n) is 2.57. The van der Waals surface area contributed by atoms with Crippen LogP contribution in [0.1, 0.15) is 24.8 Å². The smallest absolute Gasteiger partial charge is 0.241 e. The third kappa shape index (κ3) is 4.26. The maximum atomic E-state index is 12.4. The largest absolute Gasteiger partial charge is 0.326 e. The van der Waals surface area contributed by atoms with Crippen molar-refractivity contribution in [3.63, 3.8) is 0 Å². The lowest BCUT2D eigenvalue weighted by molar-refractivity contribution is 0.187. The van der Waals surface area contributed by atoms with E-state index in [1.165, 1.54) is 6.42 Å². The minimum Gasteiger partial charge on any atom is -0.326 e. The number of nitrogens with zero attached hydrogens (tertiary/aromatic N) is 1. The summed E-state index contributed by atoms with van der Waals surface area (Å²) >= 11 is 3.32. The number of likely N-dealkylation sites (N-methyl/N-ethyl adjacent to an activating group) is 1. The van der Waals surface area contributed by atoms with E-state index in [0.29, 0.717) is 17.6 Å². The van der Waals surface area contributed by atoms with E-state index in [1.54, 1.807) is 18.2 Å². The second-order valence-electron chi connectivity index (χ2n) is 5.45. The quantitative estimate of drug-likeness (QED) is 0.820. The Morgan fingerprint density at radius 1 is 1.43 bits per heavy atom. The average molecular weight is 376 g/mol. The van der Waals surface area contributed by atoms with E-state index in [-0.39, 0.29) is 10.9 Å². The number of hydrogen-bond donors (Lipinski definition) is 2. The Morgan fingerprint density at radius 2 is 2.19 bits per heavy atom. The molecule has 0 bridgehead atoms. The standard InChI is InChI=1S/C14H22BrN3O2S/c1-18-7-3-2-4-12(18)10-17-21(19,20)14-6-5-11(9-16)8-13(14)15/h5-6,8,12,17H,2-4,7,9-10,16H2,1H3. The SMILES string of the molecule is CN1CCCCC1CNS(=O)(=O)c1ccc(CN)cc1Br. The van der Waals surface area contributed by atoms with Gasteiger partial charge < -0.3 is 10.6 Å². The van der Waals surface area contributed by atoms with E-state index in [9.17, 15) is 8.42 Å². The number of nitrogens with two attached hydrogens (primary N) is 1. The Balaban J connectivity index is 2.07. The molecule has 118 valence electrons. The lowest BCUT2D eigenvalue weighted by Crippen LogP contribution is -2.44. The van der Waals surface area contributed by atoms with Gasteiger partial charge in [-0.25, -0.2) is 13.1 Å². The van der Waals surface area contributed by atoms with Crippen LogP contribution in [-0.4, -0.2) is 39.5 Å². The van der Waals surface area contributed by atoms with Gasteiger partial charge in [-0.2, -0.15) is 0 Å². The molecule has 5 nitrogen and oxygen atoms in total. The van der Waals surface area contributed by atoms with E-state index in [1.807, 2.05) is 7.05 Å². The average Bonchev–Trinajstić information content (AvgIpc) is 2.46. The van der Waals surface area contributed by atoms with Gasteiger partial charge in [0.1, 0.15) is 0 Å². The number of nitrogens with one attached hydrogen (secondary N) is 1. The van der Waals surface area contributed by atoms with Gasteiger partial charge in [-0.05, 0) is 60.1 Å². The van der Waals surface area contributed by atoms with Crippen LogP contribution >= 0.6 is 15.9 Å². The second-order valence-corrected chi connectivity index (χ2v) is 8.04. The van der Waals surface area contributed by atoms with Crippen LogP contribution in [0.2, 0.25) is 0 Å². The Hall–Kier alpha value is -0.470. The fourth-order valence-corrected chi connectivity index (χ4v) is 4.77. The third-order valence-electron chi connectivity index (χ3n) is 3.95. The molecule has 0 aliphatic carbocycles. The van der Waals surface area contributed by atoms with Gasteiger partial charge in [0.05, 0.1) is 4.90 Å². The first-order chi connectivity index (χ1) is 9.94. The van der Waals surface area contributed by atoms with Crippen molar-refractivity contribution in [2.75, 3.05) is 20.1 Å².